The summed E-state index contributed by atoms with van der Waals surface area (Å²) in [4.78, 5) is 36.4. The molecule has 26 heavy (non-hydrogen) atoms. The van der Waals surface area contributed by atoms with E-state index >= 15 is 0 Å². The molecule has 2 rings (SSSR count). The third kappa shape index (κ3) is 4.41. The highest BCUT2D eigenvalue weighted by Crippen LogP contribution is 2.19. The van der Waals surface area contributed by atoms with Gasteiger partial charge in [0.2, 0.25) is 0 Å². The fourth-order valence-corrected chi connectivity index (χ4v) is 1.96. The fraction of sp³-hybridized carbons (Fsp3) is 0.278. The number of aliphatic carboxylic acids is 1. The van der Waals surface area contributed by atoms with Crippen LogP contribution in [0.3, 0.4) is 0 Å². The molecule has 138 valence electrons. The Labute approximate surface area is 150 Å². The Kier molecular flexibility index (Phi) is 5.66. The molecule has 0 saturated heterocycles. The van der Waals surface area contributed by atoms with Gasteiger partial charge >= 0.3 is 5.97 Å². The van der Waals surface area contributed by atoms with Crippen molar-refractivity contribution < 1.29 is 28.6 Å². The lowest BCUT2D eigenvalue weighted by Crippen LogP contribution is -2.52. The van der Waals surface area contributed by atoms with Crippen molar-refractivity contribution in [3.63, 3.8) is 0 Å². The summed E-state index contributed by atoms with van der Waals surface area (Å²) in [5.41, 5.74) is -0.880. The standard InChI is InChI=1S/C18H20N2O6/c1-18(2,17(23)24)20(3)15(21)11-26-13-7-4-6-12(10-13)19-16(22)14-8-5-9-25-14/h4-10H,11H2,1-3H3,(H,19,22)(H,23,24). The van der Waals surface area contributed by atoms with Gasteiger partial charge in [-0.15, -0.1) is 0 Å². The molecule has 0 bridgehead atoms. The number of anilines is 1. The first kappa shape index (κ1) is 19.0. The molecule has 8 heteroatoms. The molecule has 0 aliphatic heterocycles. The number of hydrogen-bond donors (Lipinski definition) is 2. The number of carbonyl (C=O) groups excluding carboxylic acids is 2. The molecule has 0 aliphatic rings. The van der Waals surface area contributed by atoms with Crippen molar-refractivity contribution in [2.75, 3.05) is 19.0 Å². The van der Waals surface area contributed by atoms with Crippen LogP contribution in [0.1, 0.15) is 24.4 Å². The van der Waals surface area contributed by atoms with E-state index in [1.165, 1.54) is 33.2 Å². The summed E-state index contributed by atoms with van der Waals surface area (Å²) in [7, 11) is 1.40. The molecule has 0 fully saturated rings. The van der Waals surface area contributed by atoms with E-state index in [0.29, 0.717) is 11.4 Å². The molecule has 0 atom stereocenters. The highest BCUT2D eigenvalue weighted by atomic mass is 16.5. The number of carboxylic acid groups (broad SMARTS) is 1. The Morgan fingerprint density at radius 3 is 2.58 bits per heavy atom. The van der Waals surface area contributed by atoms with Crippen LogP contribution >= 0.6 is 0 Å². The van der Waals surface area contributed by atoms with Gasteiger partial charge in [0.15, 0.2) is 12.4 Å². The molecule has 8 nitrogen and oxygen atoms in total. The zero-order valence-corrected chi connectivity index (χ0v) is 14.7. The first-order valence-corrected chi connectivity index (χ1v) is 7.79. The Hall–Kier alpha value is -3.29. The summed E-state index contributed by atoms with van der Waals surface area (Å²) in [6.07, 6.45) is 1.40. The van der Waals surface area contributed by atoms with Crippen molar-refractivity contribution in [2.45, 2.75) is 19.4 Å². The van der Waals surface area contributed by atoms with Gasteiger partial charge in [-0.25, -0.2) is 4.79 Å². The van der Waals surface area contributed by atoms with Crippen molar-refractivity contribution in [3.05, 3.63) is 48.4 Å². The van der Waals surface area contributed by atoms with E-state index in [9.17, 15) is 14.4 Å². The third-order valence-electron chi connectivity index (χ3n) is 3.94. The van der Waals surface area contributed by atoms with Crippen molar-refractivity contribution in [3.8, 4) is 5.75 Å². The number of likely N-dealkylation sites (N-methyl/N-ethyl adjacent to an activating group) is 1. The number of carboxylic acids is 1. The first-order chi connectivity index (χ1) is 12.2. The molecule has 2 N–H and O–H groups in total. The minimum atomic E-state index is -1.35. The predicted molar refractivity (Wildman–Crippen MR) is 93.1 cm³/mol. The molecular formula is C18H20N2O6. The summed E-state index contributed by atoms with van der Waals surface area (Å²) in [6, 6.07) is 9.63. The minimum Gasteiger partial charge on any atom is -0.484 e. The van der Waals surface area contributed by atoms with Crippen molar-refractivity contribution in [1.29, 1.82) is 0 Å². The van der Waals surface area contributed by atoms with Crippen LogP contribution in [0.25, 0.3) is 0 Å². The van der Waals surface area contributed by atoms with Crippen LogP contribution in [0.15, 0.2) is 47.1 Å². The highest BCUT2D eigenvalue weighted by Gasteiger charge is 2.35. The molecule has 0 aliphatic carbocycles. The predicted octanol–water partition coefficient (Wildman–Crippen LogP) is 2.23. The average molecular weight is 360 g/mol. The summed E-state index contributed by atoms with van der Waals surface area (Å²) in [6.45, 7) is 2.53. The highest BCUT2D eigenvalue weighted by molar-refractivity contribution is 6.02. The van der Waals surface area contributed by atoms with Crippen molar-refractivity contribution in [1.82, 2.24) is 4.90 Å². The van der Waals surface area contributed by atoms with Gasteiger partial charge in [0.05, 0.1) is 6.26 Å². The number of furan rings is 1. The number of rotatable bonds is 7. The second-order valence-electron chi connectivity index (χ2n) is 6.06. The van der Waals surface area contributed by atoms with E-state index in [1.807, 2.05) is 0 Å². The maximum Gasteiger partial charge on any atom is 0.329 e. The van der Waals surface area contributed by atoms with Gasteiger partial charge in [-0.05, 0) is 38.1 Å². The van der Waals surface area contributed by atoms with Gasteiger partial charge in [0, 0.05) is 18.8 Å². The lowest BCUT2D eigenvalue weighted by atomic mass is 10.0. The second kappa shape index (κ2) is 7.73. The maximum atomic E-state index is 12.1. The van der Waals surface area contributed by atoms with Gasteiger partial charge in [-0.1, -0.05) is 6.07 Å². The number of benzene rings is 1. The monoisotopic (exact) mass is 360 g/mol. The Morgan fingerprint density at radius 2 is 1.96 bits per heavy atom. The number of amides is 2. The van der Waals surface area contributed by atoms with Crippen LogP contribution < -0.4 is 10.1 Å². The maximum absolute atomic E-state index is 12.1. The summed E-state index contributed by atoms with van der Waals surface area (Å²) >= 11 is 0. The minimum absolute atomic E-state index is 0.170. The summed E-state index contributed by atoms with van der Waals surface area (Å²) < 4.78 is 10.4. The molecular weight excluding hydrogens is 340 g/mol. The Bertz CT molecular complexity index is 798. The molecule has 2 aromatic rings. The van der Waals surface area contributed by atoms with E-state index < -0.39 is 23.3 Å². The fourth-order valence-electron chi connectivity index (χ4n) is 1.96. The van der Waals surface area contributed by atoms with E-state index in [4.69, 9.17) is 14.3 Å². The van der Waals surface area contributed by atoms with Crippen molar-refractivity contribution >= 4 is 23.5 Å². The molecule has 0 saturated carbocycles. The van der Waals surface area contributed by atoms with Crippen molar-refractivity contribution in [2.24, 2.45) is 0 Å². The normalized spacial score (nSPS) is 10.9. The average Bonchev–Trinajstić information content (AvgIpc) is 3.14. The largest absolute Gasteiger partial charge is 0.484 e. The van der Waals surface area contributed by atoms with Gasteiger partial charge < -0.3 is 24.5 Å². The summed E-state index contributed by atoms with van der Waals surface area (Å²) in [5.74, 6) is -1.48. The second-order valence-corrected chi connectivity index (χ2v) is 6.06. The van der Waals surface area contributed by atoms with E-state index in [0.717, 1.165) is 4.90 Å². The van der Waals surface area contributed by atoms with Crippen LogP contribution in [-0.4, -0.2) is 47.0 Å². The Balaban J connectivity index is 1.97. The van der Waals surface area contributed by atoms with E-state index in [-0.39, 0.29) is 12.4 Å². The third-order valence-corrected chi connectivity index (χ3v) is 3.94. The molecule has 0 unspecified atom stereocenters. The van der Waals surface area contributed by atoms with Gasteiger partial charge in [0.25, 0.3) is 11.8 Å². The summed E-state index contributed by atoms with van der Waals surface area (Å²) in [5, 5.41) is 11.8. The Morgan fingerprint density at radius 1 is 1.23 bits per heavy atom. The van der Waals surface area contributed by atoms with Crippen LogP contribution in [-0.2, 0) is 9.59 Å². The molecule has 0 spiro atoms. The molecule has 1 heterocycles. The lowest BCUT2D eigenvalue weighted by Gasteiger charge is -2.31. The number of nitrogens with zero attached hydrogens (tertiary/aromatic N) is 1. The number of carbonyl (C=O) groups is 3. The van der Waals surface area contributed by atoms with Crippen LogP contribution in [0.4, 0.5) is 5.69 Å². The number of nitrogens with one attached hydrogen (secondary N) is 1. The quantitative estimate of drug-likeness (QED) is 0.784. The molecule has 1 aromatic heterocycles. The molecule has 2 amide bonds. The number of hydrogen-bond acceptors (Lipinski definition) is 5. The molecule has 1 aromatic carbocycles. The van der Waals surface area contributed by atoms with Gasteiger partial charge in [0.1, 0.15) is 11.3 Å². The van der Waals surface area contributed by atoms with E-state index in [1.54, 1.807) is 30.3 Å². The van der Waals surface area contributed by atoms with Gasteiger partial charge in [-0.2, -0.15) is 0 Å². The SMILES string of the molecule is CN(C(=O)COc1cccc(NC(=O)c2ccco2)c1)C(C)(C)C(=O)O. The van der Waals surface area contributed by atoms with Crippen LogP contribution in [0, 0.1) is 0 Å². The van der Waals surface area contributed by atoms with E-state index in [2.05, 4.69) is 5.32 Å². The lowest BCUT2D eigenvalue weighted by molar-refractivity contribution is -0.156. The smallest absolute Gasteiger partial charge is 0.329 e. The topological polar surface area (TPSA) is 109 Å². The number of ether oxygens (including phenoxy) is 1. The molecule has 0 radical (unpaired) electrons. The van der Waals surface area contributed by atoms with Crippen LogP contribution in [0.5, 0.6) is 5.75 Å². The zero-order valence-electron chi connectivity index (χ0n) is 14.7. The first-order valence-electron chi connectivity index (χ1n) is 7.79. The van der Waals surface area contributed by atoms with Gasteiger partial charge in [-0.3, -0.25) is 9.59 Å². The van der Waals surface area contributed by atoms with Crippen LogP contribution in [0.2, 0.25) is 0 Å². The zero-order chi connectivity index (χ0) is 19.3.